The van der Waals surface area contributed by atoms with E-state index in [1.165, 1.54) is 21.6 Å². The molecule has 15 heavy (non-hydrogen) atoms. The molecule has 3 rings (SSSR count). The van der Waals surface area contributed by atoms with Gasteiger partial charge in [-0.15, -0.1) is 11.8 Å². The maximum Gasteiger partial charge on any atom is 0.0468 e. The van der Waals surface area contributed by atoms with E-state index in [4.69, 9.17) is 0 Å². The fraction of sp³-hybridized carbons (Fsp3) is 0.286. The van der Waals surface area contributed by atoms with Crippen LogP contribution in [0.1, 0.15) is 24.5 Å². The number of benzene rings is 1. The number of rotatable bonds is 0. The van der Waals surface area contributed by atoms with Crippen LogP contribution in [0.4, 0.5) is 0 Å². The van der Waals surface area contributed by atoms with Crippen LogP contribution >= 0.6 is 11.8 Å². The van der Waals surface area contributed by atoms with Crippen LogP contribution in [0.25, 0.3) is 5.57 Å². The Morgan fingerprint density at radius 2 is 2.20 bits per heavy atom. The molecule has 76 valence electrons. The van der Waals surface area contributed by atoms with Gasteiger partial charge in [-0.05, 0) is 43.0 Å². The van der Waals surface area contributed by atoms with Crippen molar-refractivity contribution in [3.63, 3.8) is 0 Å². The third kappa shape index (κ3) is 1.30. The Labute approximate surface area is 95.1 Å². The predicted octanol–water partition coefficient (Wildman–Crippen LogP) is 4.20. The molecule has 1 aliphatic carbocycles. The minimum absolute atomic E-state index is 0.283. The fourth-order valence-corrected chi connectivity index (χ4v) is 3.88. The summed E-state index contributed by atoms with van der Waals surface area (Å²) in [5, 5.41) is 0. The van der Waals surface area contributed by atoms with E-state index >= 15 is 0 Å². The van der Waals surface area contributed by atoms with E-state index < -0.39 is 0 Å². The summed E-state index contributed by atoms with van der Waals surface area (Å²) in [6.07, 6.45) is 7.89. The van der Waals surface area contributed by atoms with Crippen LogP contribution in [0, 0.1) is 6.92 Å². The van der Waals surface area contributed by atoms with E-state index in [9.17, 15) is 0 Å². The molecule has 0 aromatic heterocycles. The predicted molar refractivity (Wildman–Crippen MR) is 67.2 cm³/mol. The molecule has 1 heterocycles. The highest BCUT2D eigenvalue weighted by molar-refractivity contribution is 8.01. The Bertz CT molecular complexity index is 482. The summed E-state index contributed by atoms with van der Waals surface area (Å²) in [5.74, 6) is 0. The Kier molecular flexibility index (Phi) is 1.87. The summed E-state index contributed by atoms with van der Waals surface area (Å²) < 4.78 is 0.283. The Morgan fingerprint density at radius 3 is 3.07 bits per heavy atom. The molecule has 1 unspecified atom stereocenters. The molecule has 0 fully saturated rings. The quantitative estimate of drug-likeness (QED) is 0.623. The van der Waals surface area contributed by atoms with E-state index in [-0.39, 0.29) is 4.75 Å². The zero-order valence-corrected chi connectivity index (χ0v) is 9.90. The molecule has 2 aliphatic rings. The van der Waals surface area contributed by atoms with Gasteiger partial charge < -0.3 is 0 Å². The molecular weight excluding hydrogens is 200 g/mol. The Morgan fingerprint density at radius 1 is 1.33 bits per heavy atom. The molecule has 1 aromatic carbocycles. The Balaban J connectivity index is 2.20. The van der Waals surface area contributed by atoms with Crippen LogP contribution in [0.5, 0.6) is 0 Å². The highest BCUT2D eigenvalue weighted by Gasteiger charge is 2.38. The van der Waals surface area contributed by atoms with Crippen molar-refractivity contribution in [3.8, 4) is 0 Å². The van der Waals surface area contributed by atoms with E-state index in [1.807, 2.05) is 11.8 Å². The van der Waals surface area contributed by atoms with Gasteiger partial charge >= 0.3 is 0 Å². The number of allylic oxidation sites excluding steroid dienone is 3. The van der Waals surface area contributed by atoms with Gasteiger partial charge in [0.25, 0.3) is 0 Å². The minimum Gasteiger partial charge on any atom is -0.114 e. The maximum absolute atomic E-state index is 2.35. The zero-order chi connectivity index (χ0) is 10.5. The molecule has 0 bridgehead atoms. The number of hydrogen-bond acceptors (Lipinski definition) is 1. The van der Waals surface area contributed by atoms with Crippen LogP contribution in [0.3, 0.4) is 0 Å². The molecular formula is C14H14S. The van der Waals surface area contributed by atoms with Crippen molar-refractivity contribution in [2.24, 2.45) is 0 Å². The Hall–Kier alpha value is -0.950. The highest BCUT2D eigenvalue weighted by Crippen LogP contribution is 2.55. The number of fused-ring (bicyclic) bond motifs is 3. The largest absolute Gasteiger partial charge is 0.114 e. The van der Waals surface area contributed by atoms with Crippen molar-refractivity contribution in [2.45, 2.75) is 29.9 Å². The molecule has 0 saturated carbocycles. The van der Waals surface area contributed by atoms with Crippen LogP contribution in [-0.2, 0) is 0 Å². The van der Waals surface area contributed by atoms with Gasteiger partial charge in [-0.3, -0.25) is 0 Å². The summed E-state index contributed by atoms with van der Waals surface area (Å²) >= 11 is 2.02. The lowest BCUT2D eigenvalue weighted by Gasteiger charge is -2.25. The van der Waals surface area contributed by atoms with Gasteiger partial charge in [0, 0.05) is 9.64 Å². The SMILES string of the molecule is Cc1ccc2c(c1)SC1(C)CC=CC=C21. The summed E-state index contributed by atoms with van der Waals surface area (Å²) in [4.78, 5) is 1.45. The van der Waals surface area contributed by atoms with Crippen molar-refractivity contribution >= 4 is 17.3 Å². The summed E-state index contributed by atoms with van der Waals surface area (Å²) in [6, 6.07) is 6.79. The fourth-order valence-electron chi connectivity index (χ4n) is 2.39. The zero-order valence-electron chi connectivity index (χ0n) is 9.08. The molecule has 0 saturated heterocycles. The molecule has 0 N–H and O–H groups in total. The van der Waals surface area contributed by atoms with Crippen LogP contribution < -0.4 is 0 Å². The summed E-state index contributed by atoms with van der Waals surface area (Å²) in [7, 11) is 0. The second-order valence-electron chi connectivity index (χ2n) is 4.55. The van der Waals surface area contributed by atoms with Gasteiger partial charge in [0.15, 0.2) is 0 Å². The maximum atomic E-state index is 2.35. The van der Waals surface area contributed by atoms with Crippen LogP contribution in [0.2, 0.25) is 0 Å². The lowest BCUT2D eigenvalue weighted by molar-refractivity contribution is 0.829. The smallest absolute Gasteiger partial charge is 0.0468 e. The van der Waals surface area contributed by atoms with Gasteiger partial charge in [0.05, 0.1) is 0 Å². The lowest BCUT2D eigenvalue weighted by atomic mass is 9.87. The average Bonchev–Trinajstić information content (AvgIpc) is 2.48. The monoisotopic (exact) mass is 214 g/mol. The first-order valence-electron chi connectivity index (χ1n) is 5.36. The number of thioether (sulfide) groups is 1. The van der Waals surface area contributed by atoms with E-state index in [0.717, 1.165) is 6.42 Å². The molecule has 0 amide bonds. The van der Waals surface area contributed by atoms with Gasteiger partial charge in [0.2, 0.25) is 0 Å². The molecule has 0 nitrogen and oxygen atoms in total. The highest BCUT2D eigenvalue weighted by atomic mass is 32.2. The summed E-state index contributed by atoms with van der Waals surface area (Å²) in [6.45, 7) is 4.51. The first kappa shape index (κ1) is 9.29. The molecule has 1 heteroatoms. The summed E-state index contributed by atoms with van der Waals surface area (Å²) in [5.41, 5.74) is 4.31. The first-order valence-corrected chi connectivity index (χ1v) is 6.18. The first-order chi connectivity index (χ1) is 7.19. The molecule has 1 aromatic rings. The normalized spacial score (nSPS) is 27.2. The van der Waals surface area contributed by atoms with Gasteiger partial charge in [0.1, 0.15) is 0 Å². The van der Waals surface area contributed by atoms with Gasteiger partial charge in [-0.25, -0.2) is 0 Å². The minimum atomic E-state index is 0.283. The topological polar surface area (TPSA) is 0 Å². The van der Waals surface area contributed by atoms with Crippen molar-refractivity contribution < 1.29 is 0 Å². The van der Waals surface area contributed by atoms with Crippen molar-refractivity contribution in [1.29, 1.82) is 0 Å². The molecule has 1 aliphatic heterocycles. The standard InChI is InChI=1S/C14H14S/c1-10-6-7-11-12-5-3-4-8-14(12,2)15-13(11)9-10/h3-7,9H,8H2,1-2H3. The number of hydrogen-bond donors (Lipinski definition) is 0. The van der Waals surface area contributed by atoms with Crippen LogP contribution in [0.15, 0.2) is 41.3 Å². The number of aryl methyl sites for hydroxylation is 1. The van der Waals surface area contributed by atoms with Gasteiger partial charge in [-0.1, -0.05) is 30.4 Å². The molecule has 1 atom stereocenters. The van der Waals surface area contributed by atoms with E-state index in [2.05, 4.69) is 50.3 Å². The van der Waals surface area contributed by atoms with E-state index in [1.54, 1.807) is 0 Å². The van der Waals surface area contributed by atoms with Crippen LogP contribution in [-0.4, -0.2) is 4.75 Å². The second-order valence-corrected chi connectivity index (χ2v) is 6.09. The lowest BCUT2D eigenvalue weighted by Crippen LogP contribution is -2.18. The third-order valence-corrected chi connectivity index (χ3v) is 4.63. The second kappa shape index (κ2) is 3.02. The van der Waals surface area contributed by atoms with Gasteiger partial charge in [-0.2, -0.15) is 0 Å². The average molecular weight is 214 g/mol. The van der Waals surface area contributed by atoms with Crippen molar-refractivity contribution in [1.82, 2.24) is 0 Å². The van der Waals surface area contributed by atoms with Crippen molar-refractivity contribution in [3.05, 3.63) is 47.6 Å². The third-order valence-electron chi connectivity index (χ3n) is 3.24. The molecule has 0 spiro atoms. The molecule has 0 radical (unpaired) electrons. The van der Waals surface area contributed by atoms with E-state index in [0.29, 0.717) is 0 Å². The van der Waals surface area contributed by atoms with Crippen molar-refractivity contribution in [2.75, 3.05) is 0 Å².